The van der Waals surface area contributed by atoms with Gasteiger partial charge in [0.1, 0.15) is 0 Å². The Morgan fingerprint density at radius 1 is 1.20 bits per heavy atom. The maximum atomic E-state index is 12.9. The second-order valence-corrected chi connectivity index (χ2v) is 9.38. The minimum Gasteiger partial charge on any atom is -0.308 e. The van der Waals surface area contributed by atoms with E-state index in [-0.39, 0.29) is 10.8 Å². The third-order valence-electron chi connectivity index (χ3n) is 4.13. The second kappa shape index (κ2) is 6.72. The van der Waals surface area contributed by atoms with Gasteiger partial charge >= 0.3 is 0 Å². The van der Waals surface area contributed by atoms with Crippen LogP contribution in [0.1, 0.15) is 15.9 Å². The molecule has 0 saturated carbocycles. The molecule has 1 heterocycles. The summed E-state index contributed by atoms with van der Waals surface area (Å²) < 4.78 is 26.5. The largest absolute Gasteiger partial charge is 0.308 e. The van der Waals surface area contributed by atoms with Gasteiger partial charge in [0.05, 0.1) is 15.5 Å². The summed E-state index contributed by atoms with van der Waals surface area (Å²) in [5, 5.41) is 0.383. The van der Waals surface area contributed by atoms with E-state index >= 15 is 0 Å². The number of carbonyl (C=O) groups excluding carboxylic acids is 1. The Labute approximate surface area is 160 Å². The first-order valence-corrected chi connectivity index (χ1v) is 10.2. The van der Waals surface area contributed by atoms with Crippen molar-refractivity contribution in [1.29, 1.82) is 0 Å². The zero-order chi connectivity index (χ0) is 18.4. The minimum atomic E-state index is -3.50. The molecular formula is C17H16BrClN2O3S. The lowest BCUT2D eigenvalue weighted by molar-refractivity contribution is 0.0989. The summed E-state index contributed by atoms with van der Waals surface area (Å²) >= 11 is 9.51. The maximum Gasteiger partial charge on any atom is 0.259 e. The Bertz CT molecular complexity index is 960. The van der Waals surface area contributed by atoms with Gasteiger partial charge in [-0.05, 0) is 48.4 Å². The minimum absolute atomic E-state index is 0.201. The van der Waals surface area contributed by atoms with Crippen LogP contribution < -0.4 is 4.90 Å². The molecule has 0 bridgehead atoms. The quantitative estimate of drug-likeness (QED) is 0.729. The van der Waals surface area contributed by atoms with Crippen LogP contribution in [0, 0.1) is 0 Å². The standard InChI is InChI=1S/C17H16BrClN2O3S/c1-20(2)25(23,24)13-4-6-16-11(9-13)7-8-21(16)17(22)14-10-12(18)3-5-15(14)19/h3-6,9-10H,7-8H2,1-2H3. The molecule has 0 unspecified atom stereocenters. The molecule has 2 aromatic carbocycles. The number of carbonyl (C=O) groups is 1. The Morgan fingerprint density at radius 3 is 2.60 bits per heavy atom. The van der Waals surface area contributed by atoms with Gasteiger partial charge in [-0.25, -0.2) is 12.7 Å². The van der Waals surface area contributed by atoms with E-state index in [1.807, 2.05) is 0 Å². The van der Waals surface area contributed by atoms with Crippen molar-refractivity contribution in [3.63, 3.8) is 0 Å². The molecule has 0 atom stereocenters. The van der Waals surface area contributed by atoms with Gasteiger partial charge in [0.15, 0.2) is 0 Å². The number of amides is 1. The molecule has 0 spiro atoms. The topological polar surface area (TPSA) is 57.7 Å². The van der Waals surface area contributed by atoms with Crippen molar-refractivity contribution >= 4 is 49.1 Å². The molecule has 0 aromatic heterocycles. The molecular weight excluding hydrogens is 428 g/mol. The molecule has 1 amide bonds. The average Bonchev–Trinajstić information content (AvgIpc) is 2.99. The molecule has 1 aliphatic rings. The predicted octanol–water partition coefficient (Wildman–Crippen LogP) is 3.56. The van der Waals surface area contributed by atoms with Crippen LogP contribution in [0.25, 0.3) is 0 Å². The normalized spacial score (nSPS) is 14.0. The molecule has 132 valence electrons. The SMILES string of the molecule is CN(C)S(=O)(=O)c1ccc2c(c1)CCN2C(=O)c1cc(Br)ccc1Cl. The highest BCUT2D eigenvalue weighted by Gasteiger charge is 2.29. The van der Waals surface area contributed by atoms with E-state index in [1.165, 1.54) is 24.5 Å². The summed E-state index contributed by atoms with van der Waals surface area (Å²) in [6.07, 6.45) is 0.601. The first-order valence-electron chi connectivity index (χ1n) is 7.54. The number of hydrogen-bond donors (Lipinski definition) is 0. The summed E-state index contributed by atoms with van der Waals surface area (Å²) in [5.74, 6) is -0.201. The molecule has 2 aromatic rings. The zero-order valence-electron chi connectivity index (χ0n) is 13.7. The van der Waals surface area contributed by atoms with E-state index in [2.05, 4.69) is 15.9 Å². The average molecular weight is 444 g/mol. The lowest BCUT2D eigenvalue weighted by atomic mass is 10.1. The summed E-state index contributed by atoms with van der Waals surface area (Å²) in [4.78, 5) is 14.7. The predicted molar refractivity (Wildman–Crippen MR) is 102 cm³/mol. The monoisotopic (exact) mass is 442 g/mol. The Kier molecular flexibility index (Phi) is 4.94. The highest BCUT2D eigenvalue weighted by Crippen LogP contribution is 2.33. The number of benzene rings is 2. The summed E-state index contributed by atoms with van der Waals surface area (Å²) in [6.45, 7) is 0.489. The summed E-state index contributed by atoms with van der Waals surface area (Å²) in [5.41, 5.74) is 1.97. The Balaban J connectivity index is 1.98. The van der Waals surface area contributed by atoms with Crippen molar-refractivity contribution in [2.24, 2.45) is 0 Å². The molecule has 0 fully saturated rings. The molecule has 0 N–H and O–H groups in total. The molecule has 5 nitrogen and oxygen atoms in total. The summed E-state index contributed by atoms with van der Waals surface area (Å²) in [7, 11) is -0.511. The van der Waals surface area contributed by atoms with Crippen LogP contribution in [-0.4, -0.2) is 39.3 Å². The van der Waals surface area contributed by atoms with Crippen molar-refractivity contribution in [2.75, 3.05) is 25.5 Å². The van der Waals surface area contributed by atoms with Gasteiger partial charge in [0.25, 0.3) is 5.91 Å². The van der Waals surface area contributed by atoms with Gasteiger partial charge in [-0.3, -0.25) is 4.79 Å². The number of sulfonamides is 1. The van der Waals surface area contributed by atoms with Gasteiger partial charge in [0, 0.05) is 30.8 Å². The molecule has 0 radical (unpaired) electrons. The van der Waals surface area contributed by atoms with Crippen LogP contribution in [0.5, 0.6) is 0 Å². The molecule has 25 heavy (non-hydrogen) atoms. The van der Waals surface area contributed by atoms with E-state index in [0.29, 0.717) is 23.6 Å². The highest BCUT2D eigenvalue weighted by molar-refractivity contribution is 9.10. The molecule has 0 saturated heterocycles. The first kappa shape index (κ1) is 18.4. The highest BCUT2D eigenvalue weighted by atomic mass is 79.9. The first-order chi connectivity index (χ1) is 11.7. The number of anilines is 1. The van der Waals surface area contributed by atoms with E-state index in [9.17, 15) is 13.2 Å². The lowest BCUT2D eigenvalue weighted by Gasteiger charge is -2.19. The number of halogens is 2. The van der Waals surface area contributed by atoms with Gasteiger partial charge in [0.2, 0.25) is 10.0 Å². The molecule has 8 heteroatoms. The van der Waals surface area contributed by atoms with Crippen LogP contribution in [0.15, 0.2) is 45.8 Å². The Hall–Kier alpha value is -1.41. The van der Waals surface area contributed by atoms with Gasteiger partial charge in [-0.2, -0.15) is 0 Å². The number of fused-ring (bicyclic) bond motifs is 1. The van der Waals surface area contributed by atoms with Crippen molar-refractivity contribution in [1.82, 2.24) is 4.31 Å². The van der Waals surface area contributed by atoms with Crippen LogP contribution >= 0.6 is 27.5 Å². The summed E-state index contributed by atoms with van der Waals surface area (Å²) in [6, 6.07) is 9.98. The van der Waals surface area contributed by atoms with Crippen molar-refractivity contribution < 1.29 is 13.2 Å². The molecule has 1 aliphatic heterocycles. The molecule has 3 rings (SSSR count). The number of rotatable bonds is 3. The van der Waals surface area contributed by atoms with Gasteiger partial charge in [-0.1, -0.05) is 27.5 Å². The third-order valence-corrected chi connectivity index (χ3v) is 6.76. The second-order valence-electron chi connectivity index (χ2n) is 5.91. The fourth-order valence-corrected chi connectivity index (χ4v) is 4.28. The van der Waals surface area contributed by atoms with Crippen molar-refractivity contribution in [2.45, 2.75) is 11.3 Å². The van der Waals surface area contributed by atoms with Crippen LogP contribution in [0.4, 0.5) is 5.69 Å². The number of hydrogen-bond acceptors (Lipinski definition) is 3. The van der Waals surface area contributed by atoms with E-state index in [4.69, 9.17) is 11.6 Å². The zero-order valence-corrected chi connectivity index (χ0v) is 16.8. The lowest BCUT2D eigenvalue weighted by Crippen LogP contribution is -2.29. The maximum absolute atomic E-state index is 12.9. The fourth-order valence-electron chi connectivity index (χ4n) is 2.77. The van der Waals surface area contributed by atoms with Gasteiger partial charge in [-0.15, -0.1) is 0 Å². The fraction of sp³-hybridized carbons (Fsp3) is 0.235. The van der Waals surface area contributed by atoms with E-state index in [1.54, 1.807) is 35.2 Å². The van der Waals surface area contributed by atoms with E-state index < -0.39 is 10.0 Å². The van der Waals surface area contributed by atoms with Crippen molar-refractivity contribution in [3.8, 4) is 0 Å². The third kappa shape index (κ3) is 3.33. The van der Waals surface area contributed by atoms with Gasteiger partial charge < -0.3 is 4.90 Å². The van der Waals surface area contributed by atoms with Crippen LogP contribution in [0.3, 0.4) is 0 Å². The van der Waals surface area contributed by atoms with Crippen molar-refractivity contribution in [3.05, 3.63) is 57.0 Å². The molecule has 0 aliphatic carbocycles. The van der Waals surface area contributed by atoms with Crippen LogP contribution in [0.2, 0.25) is 5.02 Å². The Morgan fingerprint density at radius 2 is 1.92 bits per heavy atom. The smallest absolute Gasteiger partial charge is 0.259 e. The number of nitrogens with zero attached hydrogens (tertiary/aromatic N) is 2. The van der Waals surface area contributed by atoms with E-state index in [0.717, 1.165) is 15.7 Å². The van der Waals surface area contributed by atoms with Crippen LogP contribution in [-0.2, 0) is 16.4 Å².